The van der Waals surface area contributed by atoms with Crippen LogP contribution in [0.3, 0.4) is 0 Å². The number of Topliss-reactive ketones (excluding diaryl/α,β-unsaturated/α-hetero) is 1. The van der Waals surface area contributed by atoms with Crippen molar-refractivity contribution >= 4 is 23.4 Å². The summed E-state index contributed by atoms with van der Waals surface area (Å²) in [5.74, 6) is 2.13. The van der Waals surface area contributed by atoms with Crippen molar-refractivity contribution in [2.45, 2.75) is 58.5 Å². The molecule has 1 aliphatic heterocycles. The van der Waals surface area contributed by atoms with Crippen LogP contribution in [0.1, 0.15) is 64.5 Å². The molecular formula is C25H31N3O3S. The normalized spacial score (nSPS) is 19.4. The van der Waals surface area contributed by atoms with Gasteiger partial charge in [-0.05, 0) is 30.7 Å². The molecule has 2 N–H and O–H groups in total. The van der Waals surface area contributed by atoms with Crippen LogP contribution in [-0.2, 0) is 4.79 Å². The highest BCUT2D eigenvalue weighted by Gasteiger charge is 2.43. The van der Waals surface area contributed by atoms with E-state index in [-0.39, 0.29) is 16.8 Å². The highest BCUT2D eigenvalue weighted by molar-refractivity contribution is 7.99. The Balaban J connectivity index is 1.91. The molecule has 0 saturated carbocycles. The van der Waals surface area contributed by atoms with E-state index in [1.54, 1.807) is 0 Å². The number of hydrogen-bond donors (Lipinski definition) is 2. The van der Waals surface area contributed by atoms with Gasteiger partial charge in [-0.3, -0.25) is 9.59 Å². The van der Waals surface area contributed by atoms with Crippen molar-refractivity contribution in [3.8, 4) is 5.75 Å². The Kier molecular flexibility index (Phi) is 6.21. The van der Waals surface area contributed by atoms with E-state index in [9.17, 15) is 9.59 Å². The van der Waals surface area contributed by atoms with Crippen molar-refractivity contribution in [1.82, 2.24) is 9.97 Å². The number of para-hydroxylation sites is 1. The zero-order valence-electron chi connectivity index (χ0n) is 19.4. The van der Waals surface area contributed by atoms with Crippen LogP contribution in [0.4, 0.5) is 5.82 Å². The molecule has 2 aromatic rings. The highest BCUT2D eigenvalue weighted by Crippen LogP contribution is 2.49. The molecule has 0 fully saturated rings. The van der Waals surface area contributed by atoms with Gasteiger partial charge in [-0.15, -0.1) is 0 Å². The van der Waals surface area contributed by atoms with Gasteiger partial charge in [0, 0.05) is 29.0 Å². The number of benzene rings is 1. The van der Waals surface area contributed by atoms with E-state index in [0.29, 0.717) is 46.8 Å². The lowest BCUT2D eigenvalue weighted by Gasteiger charge is -2.38. The molecule has 0 spiro atoms. The number of aromatic nitrogens is 2. The molecule has 0 saturated heterocycles. The Hall–Kier alpha value is -2.54. The number of nitrogens with one attached hydrogen (secondary N) is 2. The minimum atomic E-state index is -0.506. The van der Waals surface area contributed by atoms with Crippen molar-refractivity contribution in [3.05, 3.63) is 57.0 Å². The molecule has 7 heteroatoms. The van der Waals surface area contributed by atoms with Gasteiger partial charge in [-0.1, -0.05) is 57.7 Å². The Bertz CT molecular complexity index is 1130. The predicted molar refractivity (Wildman–Crippen MR) is 129 cm³/mol. The molecule has 170 valence electrons. The van der Waals surface area contributed by atoms with Gasteiger partial charge in [0.2, 0.25) is 0 Å². The van der Waals surface area contributed by atoms with E-state index in [4.69, 9.17) is 9.72 Å². The standard InChI is InChI=1S/C25H31N3O3S/c1-6-31-18-10-8-7-9-15(18)19-20-16(11-25(4,5)12-17(20)29)26-22-21(19)23(30)28-24(27-22)32-13-14(2)3/h7-10,14,19H,6,11-13H2,1-5H3,(H2,26,27,28,30). The maximum atomic E-state index is 13.4. The molecule has 1 aromatic carbocycles. The van der Waals surface area contributed by atoms with Crippen molar-refractivity contribution in [2.75, 3.05) is 17.7 Å². The second-order valence-corrected chi connectivity index (χ2v) is 10.7. The van der Waals surface area contributed by atoms with Crippen LogP contribution in [0.25, 0.3) is 0 Å². The summed E-state index contributed by atoms with van der Waals surface area (Å²) in [7, 11) is 0. The minimum Gasteiger partial charge on any atom is -0.494 e. The zero-order chi connectivity index (χ0) is 23.0. The fourth-order valence-corrected chi connectivity index (χ4v) is 5.34. The topological polar surface area (TPSA) is 84.1 Å². The van der Waals surface area contributed by atoms with E-state index in [1.165, 1.54) is 11.8 Å². The van der Waals surface area contributed by atoms with Gasteiger partial charge in [0.05, 0.1) is 18.1 Å². The smallest absolute Gasteiger partial charge is 0.257 e. The summed E-state index contributed by atoms with van der Waals surface area (Å²) >= 11 is 1.54. The molecule has 1 unspecified atom stereocenters. The monoisotopic (exact) mass is 453 g/mol. The molecule has 2 heterocycles. The van der Waals surface area contributed by atoms with Crippen LogP contribution in [-0.4, -0.2) is 28.1 Å². The van der Waals surface area contributed by atoms with Gasteiger partial charge in [0.25, 0.3) is 5.56 Å². The number of carbonyl (C=O) groups excluding carboxylic acids is 1. The van der Waals surface area contributed by atoms with Crippen LogP contribution in [0.2, 0.25) is 0 Å². The number of rotatable bonds is 6. The highest BCUT2D eigenvalue weighted by atomic mass is 32.2. The molecule has 2 aliphatic rings. The summed E-state index contributed by atoms with van der Waals surface area (Å²) in [5.41, 5.74) is 2.48. The van der Waals surface area contributed by atoms with Crippen molar-refractivity contribution in [1.29, 1.82) is 0 Å². The van der Waals surface area contributed by atoms with Gasteiger partial charge < -0.3 is 15.0 Å². The number of nitrogens with zero attached hydrogens (tertiary/aromatic N) is 1. The van der Waals surface area contributed by atoms with Crippen molar-refractivity contribution < 1.29 is 9.53 Å². The first-order valence-corrected chi connectivity index (χ1v) is 12.2. The van der Waals surface area contributed by atoms with Crippen LogP contribution in [0, 0.1) is 11.3 Å². The Labute approximate surface area is 193 Å². The summed E-state index contributed by atoms with van der Waals surface area (Å²) in [6.45, 7) is 10.9. The number of anilines is 1. The van der Waals surface area contributed by atoms with Crippen molar-refractivity contribution in [2.24, 2.45) is 11.3 Å². The molecule has 32 heavy (non-hydrogen) atoms. The third-order valence-electron chi connectivity index (χ3n) is 5.78. The summed E-state index contributed by atoms with van der Waals surface area (Å²) in [6.07, 6.45) is 1.17. The largest absolute Gasteiger partial charge is 0.494 e. The average molecular weight is 454 g/mol. The van der Waals surface area contributed by atoms with E-state index < -0.39 is 5.92 Å². The maximum absolute atomic E-state index is 13.4. The third kappa shape index (κ3) is 4.35. The van der Waals surface area contributed by atoms with Gasteiger partial charge in [0.15, 0.2) is 10.9 Å². The van der Waals surface area contributed by atoms with Crippen LogP contribution in [0.5, 0.6) is 5.75 Å². The predicted octanol–water partition coefficient (Wildman–Crippen LogP) is 5.12. The van der Waals surface area contributed by atoms with Gasteiger partial charge >= 0.3 is 0 Å². The number of fused-ring (bicyclic) bond motifs is 1. The zero-order valence-corrected chi connectivity index (χ0v) is 20.2. The first kappa shape index (κ1) is 22.6. The second-order valence-electron chi connectivity index (χ2n) is 9.70. The van der Waals surface area contributed by atoms with Gasteiger partial charge in [-0.25, -0.2) is 4.98 Å². The lowest BCUT2D eigenvalue weighted by Crippen LogP contribution is -2.37. The second kappa shape index (κ2) is 8.77. The van der Waals surface area contributed by atoms with Crippen LogP contribution in [0.15, 0.2) is 45.5 Å². The number of hydrogen-bond acceptors (Lipinski definition) is 6. The lowest BCUT2D eigenvalue weighted by molar-refractivity contribution is -0.118. The fourth-order valence-electron chi connectivity index (χ4n) is 4.52. The van der Waals surface area contributed by atoms with E-state index in [1.807, 2.05) is 31.2 Å². The Morgan fingerprint density at radius 2 is 1.97 bits per heavy atom. The molecule has 4 rings (SSSR count). The number of ketones is 1. The molecule has 1 aromatic heterocycles. The molecule has 0 bridgehead atoms. The maximum Gasteiger partial charge on any atom is 0.257 e. The van der Waals surface area contributed by atoms with Crippen LogP contribution >= 0.6 is 11.8 Å². The van der Waals surface area contributed by atoms with E-state index in [2.05, 4.69) is 38.0 Å². The SMILES string of the molecule is CCOc1ccccc1C1C2=C(CC(C)(C)CC2=O)Nc2nc(SCC(C)C)[nH]c(=O)c21. The summed E-state index contributed by atoms with van der Waals surface area (Å²) in [6, 6.07) is 7.67. The molecule has 1 atom stereocenters. The van der Waals surface area contributed by atoms with Gasteiger partial charge in [-0.2, -0.15) is 0 Å². The fraction of sp³-hybridized carbons (Fsp3) is 0.480. The Morgan fingerprint density at radius 3 is 2.69 bits per heavy atom. The molecule has 6 nitrogen and oxygen atoms in total. The number of carbonyl (C=O) groups is 1. The van der Waals surface area contributed by atoms with Crippen LogP contribution < -0.4 is 15.6 Å². The first-order chi connectivity index (χ1) is 15.2. The third-order valence-corrected chi connectivity index (χ3v) is 7.08. The number of allylic oxidation sites excluding steroid dienone is 2. The summed E-state index contributed by atoms with van der Waals surface area (Å²) < 4.78 is 5.90. The molecule has 0 amide bonds. The number of ether oxygens (including phenoxy) is 1. The molecule has 1 aliphatic carbocycles. The van der Waals surface area contributed by atoms with Gasteiger partial charge in [0.1, 0.15) is 11.6 Å². The summed E-state index contributed by atoms with van der Waals surface area (Å²) in [4.78, 5) is 34.5. The summed E-state index contributed by atoms with van der Waals surface area (Å²) in [5, 5.41) is 3.97. The average Bonchev–Trinajstić information content (AvgIpc) is 2.70. The van der Waals surface area contributed by atoms with E-state index in [0.717, 1.165) is 23.4 Å². The number of aromatic amines is 1. The quantitative estimate of drug-likeness (QED) is 0.467. The van der Waals surface area contributed by atoms with Crippen molar-refractivity contribution in [3.63, 3.8) is 0 Å². The molecule has 0 radical (unpaired) electrons. The number of H-pyrrole nitrogens is 1. The first-order valence-electron chi connectivity index (χ1n) is 11.2. The molecular weight excluding hydrogens is 422 g/mol. The number of thioether (sulfide) groups is 1. The minimum absolute atomic E-state index is 0.0726. The Morgan fingerprint density at radius 1 is 1.22 bits per heavy atom. The lowest BCUT2D eigenvalue weighted by atomic mass is 9.69. The van der Waals surface area contributed by atoms with E-state index >= 15 is 0 Å².